The quantitative estimate of drug-likeness (QED) is 0.713. The third-order valence-electron chi connectivity index (χ3n) is 4.06. The van der Waals surface area contributed by atoms with Crippen LogP contribution in [0.2, 0.25) is 0 Å². The van der Waals surface area contributed by atoms with Gasteiger partial charge >= 0.3 is 6.09 Å². The van der Waals surface area contributed by atoms with Crippen LogP contribution in [0.4, 0.5) is 9.80 Å². The van der Waals surface area contributed by atoms with Gasteiger partial charge in [-0.1, -0.05) is 0 Å². The van der Waals surface area contributed by atoms with Crippen LogP contribution in [-0.2, 0) is 14.8 Å². The van der Waals surface area contributed by atoms with E-state index in [4.69, 9.17) is 0 Å². The number of carbonyl (C=O) groups excluding carboxylic acids is 3. The number of amides is 3. The maximum atomic E-state index is 12.5. The average molecular weight is 440 g/mol. The van der Waals surface area contributed by atoms with Crippen molar-refractivity contribution in [2.45, 2.75) is 24.8 Å². The highest BCUT2D eigenvalue weighted by molar-refractivity contribution is 7.89. The molecular weight excluding hydrogens is 418 g/mol. The van der Waals surface area contributed by atoms with Crippen molar-refractivity contribution in [3.8, 4) is 0 Å². The number of rotatable bonds is 6. The molecule has 9 nitrogen and oxygen atoms in total. The van der Waals surface area contributed by atoms with Gasteiger partial charge in [-0.15, -0.1) is 11.3 Å². The molecule has 11 heteroatoms. The van der Waals surface area contributed by atoms with E-state index in [2.05, 4.69) is 10.1 Å². The SMILES string of the molecule is COC(=O)NC(=O)c1ccsc1NC(=O)c1ccc(S(=O)(=O)N(C)C(C)C)cc1. The molecule has 0 aliphatic carbocycles. The molecule has 0 bridgehead atoms. The molecule has 1 heterocycles. The number of ether oxygens (including phenoxy) is 1. The number of benzene rings is 1. The molecule has 156 valence electrons. The standard InChI is InChI=1S/C18H21N3O6S2/c1-11(2)21(3)29(25,26)13-7-5-12(6-8-13)15(22)19-17-14(9-10-28-17)16(23)20-18(24)27-4/h5-11H,1-4H3,(H,19,22)(H,20,23,24). The van der Waals surface area contributed by atoms with E-state index in [0.717, 1.165) is 18.4 Å². The smallest absolute Gasteiger partial charge is 0.413 e. The van der Waals surface area contributed by atoms with Crippen LogP contribution >= 0.6 is 11.3 Å². The molecule has 0 unspecified atom stereocenters. The minimum absolute atomic E-state index is 0.0690. The van der Waals surface area contributed by atoms with E-state index in [-0.39, 0.29) is 27.1 Å². The Balaban J connectivity index is 2.16. The highest BCUT2D eigenvalue weighted by Crippen LogP contribution is 2.24. The monoisotopic (exact) mass is 439 g/mol. The molecule has 1 aromatic heterocycles. The number of hydrogen-bond acceptors (Lipinski definition) is 7. The first-order valence-electron chi connectivity index (χ1n) is 8.44. The lowest BCUT2D eigenvalue weighted by Crippen LogP contribution is -2.33. The normalized spacial score (nSPS) is 11.4. The third-order valence-corrected chi connectivity index (χ3v) is 6.94. The van der Waals surface area contributed by atoms with Gasteiger partial charge in [0.05, 0.1) is 17.6 Å². The van der Waals surface area contributed by atoms with Gasteiger partial charge in [0.2, 0.25) is 10.0 Å². The van der Waals surface area contributed by atoms with Crippen molar-refractivity contribution in [3.05, 3.63) is 46.8 Å². The number of alkyl carbamates (subject to hydrolysis) is 1. The topological polar surface area (TPSA) is 122 Å². The second-order valence-electron chi connectivity index (χ2n) is 6.20. The van der Waals surface area contributed by atoms with E-state index in [1.54, 1.807) is 19.2 Å². The number of nitrogens with one attached hydrogen (secondary N) is 2. The summed E-state index contributed by atoms with van der Waals surface area (Å²) in [6.45, 7) is 3.52. The van der Waals surface area contributed by atoms with Crippen LogP contribution in [-0.4, -0.2) is 50.8 Å². The molecule has 2 N–H and O–H groups in total. The zero-order chi connectivity index (χ0) is 21.8. The molecule has 1 aromatic carbocycles. The largest absolute Gasteiger partial charge is 0.453 e. The highest BCUT2D eigenvalue weighted by atomic mass is 32.2. The van der Waals surface area contributed by atoms with Crippen molar-refractivity contribution < 1.29 is 27.5 Å². The summed E-state index contributed by atoms with van der Waals surface area (Å²) in [6, 6.07) is 6.72. The van der Waals surface area contributed by atoms with Gasteiger partial charge in [0.1, 0.15) is 5.00 Å². The Kier molecular flexibility index (Phi) is 7.11. The summed E-state index contributed by atoms with van der Waals surface area (Å²) in [6.07, 6.45) is -0.915. The lowest BCUT2D eigenvalue weighted by atomic mass is 10.2. The van der Waals surface area contributed by atoms with Crippen molar-refractivity contribution in [2.24, 2.45) is 0 Å². The van der Waals surface area contributed by atoms with E-state index in [9.17, 15) is 22.8 Å². The molecule has 0 radical (unpaired) electrons. The van der Waals surface area contributed by atoms with Gasteiger partial charge in [0.25, 0.3) is 11.8 Å². The Morgan fingerprint density at radius 2 is 1.69 bits per heavy atom. The summed E-state index contributed by atoms with van der Waals surface area (Å²) in [5.41, 5.74) is 0.315. The van der Waals surface area contributed by atoms with Crippen LogP contribution in [0.3, 0.4) is 0 Å². The average Bonchev–Trinajstić information content (AvgIpc) is 3.15. The molecule has 0 saturated heterocycles. The van der Waals surface area contributed by atoms with Crippen molar-refractivity contribution in [2.75, 3.05) is 19.5 Å². The number of sulfonamides is 1. The van der Waals surface area contributed by atoms with E-state index in [1.165, 1.54) is 41.7 Å². The van der Waals surface area contributed by atoms with Crippen molar-refractivity contribution in [1.29, 1.82) is 0 Å². The number of anilines is 1. The zero-order valence-corrected chi connectivity index (χ0v) is 17.9. The third kappa shape index (κ3) is 5.19. The highest BCUT2D eigenvalue weighted by Gasteiger charge is 2.23. The zero-order valence-electron chi connectivity index (χ0n) is 16.3. The fourth-order valence-electron chi connectivity index (χ4n) is 2.19. The summed E-state index contributed by atoms with van der Waals surface area (Å²) in [4.78, 5) is 35.8. The van der Waals surface area contributed by atoms with E-state index >= 15 is 0 Å². The van der Waals surface area contributed by atoms with Crippen LogP contribution in [0.25, 0.3) is 0 Å². The summed E-state index contributed by atoms with van der Waals surface area (Å²) in [7, 11) is -1.04. The van der Waals surface area contributed by atoms with E-state index in [1.807, 2.05) is 5.32 Å². The van der Waals surface area contributed by atoms with Gasteiger partial charge in [-0.25, -0.2) is 13.2 Å². The summed E-state index contributed by atoms with van der Waals surface area (Å²) >= 11 is 1.10. The van der Waals surface area contributed by atoms with E-state index < -0.39 is 27.9 Å². The van der Waals surface area contributed by atoms with Crippen molar-refractivity contribution in [3.63, 3.8) is 0 Å². The molecule has 0 spiro atoms. The molecule has 3 amide bonds. The molecule has 2 rings (SSSR count). The molecule has 0 aliphatic rings. The lowest BCUT2D eigenvalue weighted by molar-refractivity contribution is 0.0938. The van der Waals surface area contributed by atoms with Crippen molar-refractivity contribution in [1.82, 2.24) is 9.62 Å². The minimum atomic E-state index is -3.66. The predicted molar refractivity (Wildman–Crippen MR) is 109 cm³/mol. The maximum absolute atomic E-state index is 12.5. The molecule has 29 heavy (non-hydrogen) atoms. The molecule has 0 fully saturated rings. The second-order valence-corrected chi connectivity index (χ2v) is 9.12. The second kappa shape index (κ2) is 9.16. The Labute approximate surface area is 172 Å². The molecule has 2 aromatic rings. The lowest BCUT2D eigenvalue weighted by Gasteiger charge is -2.21. The predicted octanol–water partition coefficient (Wildman–Crippen LogP) is 2.53. The maximum Gasteiger partial charge on any atom is 0.413 e. The fraction of sp³-hybridized carbons (Fsp3) is 0.278. The van der Waals surface area contributed by atoms with Gasteiger partial charge in [-0.05, 0) is 49.6 Å². The first-order chi connectivity index (χ1) is 13.6. The Bertz CT molecular complexity index is 1010. The minimum Gasteiger partial charge on any atom is -0.453 e. The number of carbonyl (C=O) groups is 3. The van der Waals surface area contributed by atoms with Crippen LogP contribution in [0, 0.1) is 0 Å². The summed E-state index contributed by atoms with van der Waals surface area (Å²) in [5.74, 6) is -1.24. The van der Waals surface area contributed by atoms with E-state index in [0.29, 0.717) is 0 Å². The first kappa shape index (κ1) is 22.5. The summed E-state index contributed by atoms with van der Waals surface area (Å²) < 4.78 is 30.6. The number of methoxy groups -OCH3 is 1. The summed E-state index contributed by atoms with van der Waals surface area (Å²) in [5, 5.41) is 6.42. The fourth-order valence-corrected chi connectivity index (χ4v) is 4.34. The number of thiophene rings is 1. The molecule has 0 saturated carbocycles. The van der Waals surface area contributed by atoms with Crippen LogP contribution in [0.5, 0.6) is 0 Å². The van der Waals surface area contributed by atoms with Crippen molar-refractivity contribution >= 4 is 44.3 Å². The molecular formula is C18H21N3O6S2. The number of imide groups is 1. The Morgan fingerprint density at radius 1 is 1.07 bits per heavy atom. The van der Waals surface area contributed by atoms with Gasteiger partial charge < -0.3 is 10.1 Å². The van der Waals surface area contributed by atoms with Crippen LogP contribution < -0.4 is 10.6 Å². The first-order valence-corrected chi connectivity index (χ1v) is 10.8. The van der Waals surface area contributed by atoms with Gasteiger partial charge in [-0.2, -0.15) is 4.31 Å². The Hall–Kier alpha value is -2.76. The molecule has 0 aliphatic heterocycles. The number of nitrogens with zero attached hydrogens (tertiary/aromatic N) is 1. The molecule has 0 atom stereocenters. The Morgan fingerprint density at radius 3 is 2.24 bits per heavy atom. The van der Waals surface area contributed by atoms with Gasteiger partial charge in [0.15, 0.2) is 0 Å². The van der Waals surface area contributed by atoms with Crippen LogP contribution in [0.1, 0.15) is 34.6 Å². The van der Waals surface area contributed by atoms with Crippen LogP contribution in [0.15, 0.2) is 40.6 Å². The number of hydrogen-bond donors (Lipinski definition) is 2. The van der Waals surface area contributed by atoms with Gasteiger partial charge in [-0.3, -0.25) is 14.9 Å². The van der Waals surface area contributed by atoms with Gasteiger partial charge in [0, 0.05) is 18.7 Å².